The number of halogens is 6. The fourth-order valence-electron chi connectivity index (χ4n) is 2.08. The molecule has 2 rings (SSSR count). The molecule has 0 spiro atoms. The van der Waals surface area contributed by atoms with Crippen molar-refractivity contribution in [2.75, 3.05) is 20.2 Å². The smallest absolute Gasteiger partial charge is 0.430 e. The maximum absolute atomic E-state index is 11.9. The van der Waals surface area contributed by atoms with Gasteiger partial charge in [-0.2, -0.15) is 37.2 Å². The molecule has 8 N–H and O–H groups in total. The molecule has 4 amide bonds. The summed E-state index contributed by atoms with van der Waals surface area (Å²) < 4.78 is 67.6. The Kier molecular flexibility index (Phi) is 14.7. The number of carboxylic acids is 2. The van der Waals surface area contributed by atoms with Crippen LogP contribution in [0.5, 0.6) is 0 Å². The highest BCUT2D eigenvalue weighted by molar-refractivity contribution is 6.09. The van der Waals surface area contributed by atoms with Gasteiger partial charge in [-0.15, -0.1) is 0 Å². The first-order chi connectivity index (χ1) is 19.7. The first-order valence-electron chi connectivity index (χ1n) is 10.7. The predicted molar refractivity (Wildman–Crippen MR) is 117 cm³/mol. The molecular weight excluding hydrogens is 614 g/mol. The third-order valence-electron chi connectivity index (χ3n) is 3.84. The van der Waals surface area contributed by atoms with Crippen LogP contribution in [-0.2, 0) is 38.3 Å². The Hall–Kier alpha value is -5.39. The molecule has 0 saturated carbocycles. The number of alkyl halides is 6. The van der Waals surface area contributed by atoms with E-state index >= 15 is 0 Å². The third kappa shape index (κ3) is 15.8. The quantitative estimate of drug-likeness (QED) is 0.0912. The highest BCUT2D eigenvalue weighted by Crippen LogP contribution is 2.12. The summed E-state index contributed by atoms with van der Waals surface area (Å²) >= 11 is 0. The number of hydrogen-bond donors (Lipinski definition) is 6. The number of carbonyl (C=O) groups excluding carboxylic acids is 7. The summed E-state index contributed by atoms with van der Waals surface area (Å²) in [5.41, 5.74) is 2.84. The molecule has 2 aliphatic heterocycles. The Balaban J connectivity index is 0.00000104. The molecule has 2 heterocycles. The van der Waals surface area contributed by atoms with Crippen LogP contribution in [0.3, 0.4) is 0 Å². The van der Waals surface area contributed by atoms with Gasteiger partial charge in [-0.3, -0.25) is 19.2 Å². The molecule has 0 radical (unpaired) electrons. The van der Waals surface area contributed by atoms with E-state index in [4.69, 9.17) is 19.8 Å². The van der Waals surface area contributed by atoms with E-state index < -0.39 is 48.0 Å². The molecule has 0 unspecified atom stereocenters. The first kappa shape index (κ1) is 37.6. The predicted octanol–water partition coefficient (Wildman–Crippen LogP) is -7.21. The van der Waals surface area contributed by atoms with Crippen molar-refractivity contribution in [3.8, 4) is 0 Å². The number of amides is 4. The maximum Gasteiger partial charge on any atom is 0.430 e. The molecule has 24 heteroatoms. The summed E-state index contributed by atoms with van der Waals surface area (Å²) in [5.74, 6) is -8.31. The van der Waals surface area contributed by atoms with Crippen LogP contribution in [0.1, 0.15) is 6.92 Å². The minimum atomic E-state index is -5.19. The number of carboxylic acid groups (broad SMARTS) is 2. The van der Waals surface area contributed by atoms with Gasteiger partial charge in [0.25, 0.3) is 0 Å². The Morgan fingerprint density at radius 1 is 0.767 bits per heavy atom. The summed E-state index contributed by atoms with van der Waals surface area (Å²) in [5, 5.41) is 34.8. The fraction of sp³-hybridized carbons (Fsp3) is 0.316. The molecule has 2 aliphatic rings. The number of methoxy groups -OCH3 is 1. The number of esters is 1. The van der Waals surface area contributed by atoms with Gasteiger partial charge in [0.2, 0.25) is 29.1 Å². The molecule has 0 aromatic heterocycles. The van der Waals surface area contributed by atoms with Gasteiger partial charge in [0, 0.05) is 6.92 Å². The Morgan fingerprint density at radius 3 is 1.63 bits per heavy atom. The molecule has 18 nitrogen and oxygen atoms in total. The van der Waals surface area contributed by atoms with Gasteiger partial charge in [-0.1, -0.05) is 10.2 Å². The summed E-state index contributed by atoms with van der Waals surface area (Å²) in [6.07, 6.45) is -7.70. The number of nitrogens with zero attached hydrogens (tertiary/aromatic N) is 2. The number of hydrogen-bond acceptors (Lipinski definition) is 12. The number of quaternary nitrogens is 2. The van der Waals surface area contributed by atoms with Gasteiger partial charge < -0.3 is 45.8 Å². The van der Waals surface area contributed by atoms with Gasteiger partial charge in [0.15, 0.2) is 11.7 Å². The minimum Gasteiger partial charge on any atom is -0.542 e. The van der Waals surface area contributed by atoms with Crippen LogP contribution in [0.2, 0.25) is 0 Å². The minimum absolute atomic E-state index is 0.136. The van der Waals surface area contributed by atoms with Crippen molar-refractivity contribution in [1.82, 2.24) is 21.3 Å². The van der Waals surface area contributed by atoms with Gasteiger partial charge in [-0.05, 0) is 0 Å². The van der Waals surface area contributed by atoms with Crippen LogP contribution in [0.15, 0.2) is 33.7 Å². The average Bonchev–Trinajstić information content (AvgIpc) is 3.54. The summed E-state index contributed by atoms with van der Waals surface area (Å²) in [7, 11) is 1.22. The third-order valence-corrected chi connectivity index (χ3v) is 3.84. The SMILES string of the molecule is COC(=O)C1=CC(NC(=O)CNC(=O)CNC(=O)C2=CC(NC(C)=O)=N[NH2+]2)=N[NH2+]1.O=C([O-])C(F)(F)F.O=C([O-])C(F)(F)F. The Labute approximate surface area is 234 Å². The average molecular weight is 634 g/mol. The molecular formula is C19H20F6N8O10. The van der Waals surface area contributed by atoms with Crippen molar-refractivity contribution in [3.05, 3.63) is 23.5 Å². The van der Waals surface area contributed by atoms with Crippen molar-refractivity contribution >= 4 is 53.2 Å². The number of rotatable bonds is 6. The second kappa shape index (κ2) is 16.8. The molecule has 238 valence electrons. The number of nitrogens with two attached hydrogens (primary N) is 2. The van der Waals surface area contributed by atoms with Crippen LogP contribution in [0, 0.1) is 0 Å². The van der Waals surface area contributed by atoms with Gasteiger partial charge >= 0.3 is 24.2 Å². The van der Waals surface area contributed by atoms with Crippen molar-refractivity contribution in [2.24, 2.45) is 10.2 Å². The van der Waals surface area contributed by atoms with E-state index in [0.717, 1.165) is 0 Å². The topological polar surface area (TPSA) is 281 Å². The molecule has 0 atom stereocenters. The molecule has 0 saturated heterocycles. The number of aliphatic carboxylic acids is 2. The molecule has 0 aliphatic carbocycles. The van der Waals surface area contributed by atoms with Crippen LogP contribution in [-0.4, -0.2) is 85.8 Å². The summed E-state index contributed by atoms with van der Waals surface area (Å²) in [6, 6.07) is 0. The summed E-state index contributed by atoms with van der Waals surface area (Å²) in [6.45, 7) is 0.578. The van der Waals surface area contributed by atoms with Crippen LogP contribution < -0.4 is 42.3 Å². The highest BCUT2D eigenvalue weighted by Gasteiger charge is 2.29. The largest absolute Gasteiger partial charge is 0.542 e. The van der Waals surface area contributed by atoms with Crippen LogP contribution >= 0.6 is 0 Å². The fourth-order valence-corrected chi connectivity index (χ4v) is 2.08. The molecule has 0 bridgehead atoms. The lowest BCUT2D eigenvalue weighted by Gasteiger charge is -2.06. The zero-order chi connectivity index (χ0) is 33.5. The van der Waals surface area contributed by atoms with Crippen molar-refractivity contribution < 1.29 is 85.7 Å². The summed E-state index contributed by atoms with van der Waals surface area (Å²) in [4.78, 5) is 75.3. The zero-order valence-electron chi connectivity index (χ0n) is 21.5. The molecule has 0 aromatic carbocycles. The van der Waals surface area contributed by atoms with E-state index in [0.29, 0.717) is 0 Å². The van der Waals surface area contributed by atoms with Crippen molar-refractivity contribution in [2.45, 2.75) is 19.3 Å². The van der Waals surface area contributed by atoms with Gasteiger partial charge in [0.05, 0.1) is 32.4 Å². The van der Waals surface area contributed by atoms with Crippen LogP contribution in [0.25, 0.3) is 0 Å². The van der Waals surface area contributed by atoms with Crippen molar-refractivity contribution in [3.63, 3.8) is 0 Å². The van der Waals surface area contributed by atoms with Gasteiger partial charge in [-0.25, -0.2) is 4.79 Å². The van der Waals surface area contributed by atoms with Gasteiger partial charge in [0.1, 0.15) is 11.9 Å². The zero-order valence-corrected chi connectivity index (χ0v) is 21.5. The number of ether oxygens (including phenoxy) is 1. The van der Waals surface area contributed by atoms with E-state index in [9.17, 15) is 50.3 Å². The van der Waals surface area contributed by atoms with E-state index in [1.165, 1.54) is 37.0 Å². The lowest BCUT2D eigenvalue weighted by atomic mass is 10.3. The maximum atomic E-state index is 11.9. The molecule has 43 heavy (non-hydrogen) atoms. The monoisotopic (exact) mass is 634 g/mol. The normalized spacial score (nSPS) is 13.6. The second-order valence-electron chi connectivity index (χ2n) is 7.24. The number of nitrogens with one attached hydrogen (secondary N) is 4. The van der Waals surface area contributed by atoms with Crippen LogP contribution in [0.4, 0.5) is 26.3 Å². The lowest BCUT2D eigenvalue weighted by Crippen LogP contribution is -2.77. The molecule has 0 aromatic rings. The standard InChI is InChI=1S/C15H18N8O6.2C2HF3O2/c1-7(24)18-10-3-8(20-22-10)14(27)17-5-12(25)16-6-13(26)19-11-4-9(21-23-11)15(28)29-2;2*3-2(4,5)1(6)7/h3-4H,5-6H2,1-2H3,(H,16,25)(H,17,27)(H2,18,20,22,24)(H2,19,21,23,26);2*(H,6,7). The highest BCUT2D eigenvalue weighted by atomic mass is 19.4. The van der Waals surface area contributed by atoms with E-state index in [1.54, 1.807) is 0 Å². The Bertz CT molecular complexity index is 1230. The first-order valence-corrected chi connectivity index (χ1v) is 10.7. The van der Waals surface area contributed by atoms with E-state index in [-0.39, 0.29) is 42.1 Å². The van der Waals surface area contributed by atoms with Crippen molar-refractivity contribution in [1.29, 1.82) is 0 Å². The van der Waals surface area contributed by atoms with E-state index in [1.807, 2.05) is 0 Å². The second-order valence-corrected chi connectivity index (χ2v) is 7.24. The number of carbonyl (C=O) groups is 7. The van der Waals surface area contributed by atoms with E-state index in [2.05, 4.69) is 36.2 Å². The molecule has 0 fully saturated rings. The lowest BCUT2D eigenvalue weighted by molar-refractivity contribution is -0.604. The Morgan fingerprint density at radius 2 is 1.19 bits per heavy atom. The number of amidine groups is 2.